The predicted molar refractivity (Wildman–Crippen MR) is 171 cm³/mol. The van der Waals surface area contributed by atoms with E-state index in [9.17, 15) is 0 Å². The van der Waals surface area contributed by atoms with Crippen LogP contribution in [0.25, 0.3) is 0 Å². The lowest BCUT2D eigenvalue weighted by molar-refractivity contribution is 0.398. The zero-order valence-corrected chi connectivity index (χ0v) is 28.3. The zero-order valence-electron chi connectivity index (χ0n) is 25.1. The summed E-state index contributed by atoms with van der Waals surface area (Å²) in [6.45, 7) is 13.8. The number of benzene rings is 2. The van der Waals surface area contributed by atoms with Gasteiger partial charge in [0.25, 0.3) is 0 Å². The van der Waals surface area contributed by atoms with E-state index < -0.39 is 0 Å². The monoisotopic (exact) mass is 648 g/mol. The minimum absolute atomic E-state index is 0.0225. The van der Waals surface area contributed by atoms with Crippen LogP contribution in [0.5, 0.6) is 11.5 Å². The normalized spacial score (nSPS) is 20.4. The van der Waals surface area contributed by atoms with Crippen molar-refractivity contribution in [2.24, 2.45) is 0 Å². The summed E-state index contributed by atoms with van der Waals surface area (Å²) in [5, 5.41) is 0. The Hall–Kier alpha value is -1.00. The molecule has 0 saturated carbocycles. The van der Waals surface area contributed by atoms with Crippen LogP contribution in [-0.4, -0.2) is 14.2 Å². The quantitative estimate of drug-likeness (QED) is 0.301. The summed E-state index contributed by atoms with van der Waals surface area (Å²) in [5.74, 6) is 2.05. The van der Waals surface area contributed by atoms with Crippen LogP contribution < -0.4 is 9.47 Å². The predicted octanol–water partition coefficient (Wildman–Crippen LogP) is 11.1. The molecule has 0 fully saturated rings. The van der Waals surface area contributed by atoms with E-state index in [0.717, 1.165) is 24.3 Å². The first kappa shape index (κ1) is 31.5. The third-order valence-electron chi connectivity index (χ3n) is 8.02. The molecular weight excluding hydrogens is 600 g/mol. The van der Waals surface area contributed by atoms with E-state index in [1.807, 2.05) is 14.2 Å². The van der Waals surface area contributed by atoms with E-state index in [1.165, 1.54) is 84.7 Å². The number of alkyl halides is 2. The molecule has 2 nitrogen and oxygen atoms in total. The molecule has 0 aliphatic heterocycles. The standard InChI is InChI=1S/C34H50Br2O2/c1-33(2,3)25-19-23-17-15-13-11-9-10-12-14-16-18-24-20-26(34(4,5)6)22-28(32(24)38-8)30(36)29(35)27(21-25)31(23)37-7/h19-22,29-30H,9-18H2,1-8H3/t29-,30+. The maximum atomic E-state index is 6.15. The molecule has 2 aromatic rings. The van der Waals surface area contributed by atoms with Gasteiger partial charge in [0.1, 0.15) is 11.5 Å². The Labute approximate surface area is 249 Å². The molecule has 3 rings (SSSR count). The van der Waals surface area contributed by atoms with Gasteiger partial charge in [-0.3, -0.25) is 0 Å². The fourth-order valence-corrected chi connectivity index (χ4v) is 6.83. The van der Waals surface area contributed by atoms with Gasteiger partial charge < -0.3 is 9.47 Å². The molecule has 212 valence electrons. The molecule has 2 aromatic carbocycles. The Morgan fingerprint density at radius 1 is 0.553 bits per heavy atom. The Kier molecular flexibility index (Phi) is 11.3. The lowest BCUT2D eigenvalue weighted by Gasteiger charge is -2.29. The summed E-state index contributed by atoms with van der Waals surface area (Å²) in [7, 11) is 3.65. The minimum Gasteiger partial charge on any atom is -0.496 e. The van der Waals surface area contributed by atoms with Gasteiger partial charge in [-0.05, 0) is 58.8 Å². The maximum Gasteiger partial charge on any atom is 0.126 e. The van der Waals surface area contributed by atoms with Gasteiger partial charge in [-0.2, -0.15) is 0 Å². The summed E-state index contributed by atoms with van der Waals surface area (Å²) < 4.78 is 12.3. The van der Waals surface area contributed by atoms with Crippen molar-refractivity contribution < 1.29 is 9.47 Å². The highest BCUT2D eigenvalue weighted by Crippen LogP contribution is 2.51. The van der Waals surface area contributed by atoms with Crippen molar-refractivity contribution in [1.82, 2.24) is 0 Å². The Bertz CT molecular complexity index is 976. The lowest BCUT2D eigenvalue weighted by Crippen LogP contribution is -2.16. The molecule has 4 heteroatoms. The van der Waals surface area contributed by atoms with Crippen molar-refractivity contribution in [1.29, 1.82) is 0 Å². The first-order valence-corrected chi connectivity index (χ1v) is 16.4. The summed E-state index contributed by atoms with van der Waals surface area (Å²) in [4.78, 5) is 0.0451. The van der Waals surface area contributed by atoms with Crippen molar-refractivity contribution in [2.75, 3.05) is 14.2 Å². The van der Waals surface area contributed by atoms with Gasteiger partial charge >= 0.3 is 0 Å². The molecule has 0 amide bonds. The van der Waals surface area contributed by atoms with E-state index in [2.05, 4.69) is 97.7 Å². The number of halogens is 2. The lowest BCUT2D eigenvalue weighted by atomic mass is 9.82. The average molecular weight is 651 g/mol. The van der Waals surface area contributed by atoms with Crippen molar-refractivity contribution in [3.05, 3.63) is 57.6 Å². The second-order valence-corrected chi connectivity index (χ2v) is 15.1. The molecule has 38 heavy (non-hydrogen) atoms. The highest BCUT2D eigenvalue weighted by Gasteiger charge is 2.31. The third-order valence-corrected chi connectivity index (χ3v) is 10.8. The first-order valence-electron chi connectivity index (χ1n) is 14.6. The summed E-state index contributed by atoms with van der Waals surface area (Å²) in [6, 6.07) is 9.50. The molecule has 2 atom stereocenters. The van der Waals surface area contributed by atoms with Crippen LogP contribution in [0, 0.1) is 0 Å². The Morgan fingerprint density at radius 2 is 0.868 bits per heavy atom. The third kappa shape index (κ3) is 7.80. The summed E-state index contributed by atoms with van der Waals surface area (Å²) in [6.07, 6.45) is 12.4. The minimum atomic E-state index is 0.0225. The topological polar surface area (TPSA) is 18.5 Å². The van der Waals surface area contributed by atoms with Crippen LogP contribution in [0.2, 0.25) is 0 Å². The van der Waals surface area contributed by atoms with Crippen molar-refractivity contribution >= 4 is 31.9 Å². The molecular formula is C34H50Br2O2. The highest BCUT2D eigenvalue weighted by atomic mass is 79.9. The maximum absolute atomic E-state index is 6.15. The van der Waals surface area contributed by atoms with Crippen molar-refractivity contribution in [3.63, 3.8) is 0 Å². The van der Waals surface area contributed by atoms with Crippen molar-refractivity contribution in [2.45, 2.75) is 126 Å². The molecule has 0 N–H and O–H groups in total. The van der Waals surface area contributed by atoms with Gasteiger partial charge in [-0.15, -0.1) is 0 Å². The van der Waals surface area contributed by atoms with E-state index in [1.54, 1.807) is 0 Å². The van der Waals surface area contributed by atoms with Crippen LogP contribution >= 0.6 is 31.9 Å². The largest absolute Gasteiger partial charge is 0.496 e. The molecule has 0 spiro atoms. The number of hydrogen-bond acceptors (Lipinski definition) is 2. The number of rotatable bonds is 2. The molecule has 0 aromatic heterocycles. The Balaban J connectivity index is 2.21. The van der Waals surface area contributed by atoms with E-state index in [4.69, 9.17) is 9.47 Å². The van der Waals surface area contributed by atoms with Crippen LogP contribution in [0.1, 0.15) is 136 Å². The number of hydrogen-bond donors (Lipinski definition) is 0. The van der Waals surface area contributed by atoms with E-state index in [0.29, 0.717) is 0 Å². The number of fused-ring (bicyclic) bond motifs is 4. The SMILES string of the molecule is COc1c2cc(C(C)(C)C)cc1[C@@H](Br)[C@@H](Br)c1cc(C(C)(C)C)cc(c1OC)CCCCCCCCCC2. The van der Waals surface area contributed by atoms with E-state index in [-0.39, 0.29) is 20.5 Å². The molecule has 1 aliphatic carbocycles. The van der Waals surface area contributed by atoms with Gasteiger partial charge in [-0.1, -0.05) is 136 Å². The molecule has 0 radical (unpaired) electrons. The number of methoxy groups -OCH3 is 2. The van der Waals surface area contributed by atoms with Gasteiger partial charge in [0.2, 0.25) is 0 Å². The molecule has 0 saturated heterocycles. The Morgan fingerprint density at radius 3 is 1.16 bits per heavy atom. The molecule has 0 heterocycles. The molecule has 1 aliphatic rings. The number of ether oxygens (including phenoxy) is 2. The summed E-state index contributed by atoms with van der Waals surface area (Å²) >= 11 is 8.30. The van der Waals surface area contributed by atoms with Crippen molar-refractivity contribution in [3.8, 4) is 11.5 Å². The fraction of sp³-hybridized carbons (Fsp3) is 0.647. The fourth-order valence-electron chi connectivity index (χ4n) is 5.58. The van der Waals surface area contributed by atoms with Crippen LogP contribution in [0.4, 0.5) is 0 Å². The second kappa shape index (κ2) is 13.6. The van der Waals surface area contributed by atoms with Crippen LogP contribution in [-0.2, 0) is 23.7 Å². The van der Waals surface area contributed by atoms with Gasteiger partial charge in [-0.25, -0.2) is 0 Å². The van der Waals surface area contributed by atoms with Gasteiger partial charge in [0.05, 0.1) is 23.9 Å². The summed E-state index contributed by atoms with van der Waals surface area (Å²) in [5.41, 5.74) is 7.91. The van der Waals surface area contributed by atoms with Crippen LogP contribution in [0.3, 0.4) is 0 Å². The van der Waals surface area contributed by atoms with Gasteiger partial charge in [0, 0.05) is 11.1 Å². The smallest absolute Gasteiger partial charge is 0.126 e. The van der Waals surface area contributed by atoms with E-state index >= 15 is 0 Å². The first-order chi connectivity index (χ1) is 17.9. The average Bonchev–Trinajstić information content (AvgIpc) is 2.86. The highest BCUT2D eigenvalue weighted by molar-refractivity contribution is 9.12. The van der Waals surface area contributed by atoms with Crippen LogP contribution in [0.15, 0.2) is 24.3 Å². The van der Waals surface area contributed by atoms with Gasteiger partial charge in [0.15, 0.2) is 0 Å². The second-order valence-electron chi connectivity index (χ2n) is 13.1. The zero-order chi connectivity index (χ0) is 28.1. The molecule has 4 bridgehead atoms. The number of aryl methyl sites for hydroxylation is 2. The molecule has 0 unspecified atom stereocenters.